The first-order valence-corrected chi connectivity index (χ1v) is 10.00. The lowest BCUT2D eigenvalue weighted by Gasteiger charge is -2.43. The van der Waals surface area contributed by atoms with Gasteiger partial charge in [-0.2, -0.15) is 0 Å². The molecule has 160 valence electrons. The van der Waals surface area contributed by atoms with Crippen molar-refractivity contribution < 1.29 is 19.2 Å². The van der Waals surface area contributed by atoms with E-state index in [2.05, 4.69) is 26.6 Å². The van der Waals surface area contributed by atoms with E-state index in [0.717, 1.165) is 5.69 Å². The summed E-state index contributed by atoms with van der Waals surface area (Å²) in [6.07, 6.45) is -1.38. The van der Waals surface area contributed by atoms with E-state index in [0.29, 0.717) is 11.3 Å². The second-order valence-electron chi connectivity index (χ2n) is 7.62. The maximum Gasteiger partial charge on any atom is 0.229 e. The topological polar surface area (TPSA) is 128 Å². The van der Waals surface area contributed by atoms with Crippen molar-refractivity contribution in [3.05, 3.63) is 60.2 Å². The average molecular weight is 421 g/mol. The van der Waals surface area contributed by atoms with E-state index in [4.69, 9.17) is 0 Å². The zero-order chi connectivity index (χ0) is 22.0. The number of Topliss-reactive ketones (excluding diaryl/α,β-unsaturated/α-hetero) is 1. The zero-order valence-corrected chi connectivity index (χ0v) is 16.8. The van der Waals surface area contributed by atoms with E-state index < -0.39 is 30.2 Å². The van der Waals surface area contributed by atoms with Gasteiger partial charge in [0, 0.05) is 23.4 Å². The Morgan fingerprint density at radius 2 is 1.65 bits per heavy atom. The third-order valence-corrected chi connectivity index (χ3v) is 5.43. The van der Waals surface area contributed by atoms with Gasteiger partial charge in [-0.15, -0.1) is 0 Å². The fourth-order valence-electron chi connectivity index (χ4n) is 3.88. The summed E-state index contributed by atoms with van der Waals surface area (Å²) >= 11 is 0. The number of carbonyl (C=O) groups excluding carboxylic acids is 4. The Morgan fingerprint density at radius 3 is 2.32 bits per heavy atom. The number of nitrogens with one attached hydrogen (secondary N) is 5. The number of anilines is 2. The van der Waals surface area contributed by atoms with Crippen molar-refractivity contribution >= 4 is 34.9 Å². The predicted octanol–water partition coefficient (Wildman–Crippen LogP) is 1.02. The average Bonchev–Trinajstić information content (AvgIpc) is 2.74. The van der Waals surface area contributed by atoms with Crippen LogP contribution < -0.4 is 26.6 Å². The Hall–Kier alpha value is -3.72. The van der Waals surface area contributed by atoms with E-state index in [-0.39, 0.29) is 24.0 Å². The van der Waals surface area contributed by atoms with Gasteiger partial charge in [-0.1, -0.05) is 18.2 Å². The maximum atomic E-state index is 12.9. The lowest BCUT2D eigenvalue weighted by Crippen LogP contribution is -2.72. The van der Waals surface area contributed by atoms with Gasteiger partial charge in [0.1, 0.15) is 0 Å². The number of amides is 3. The second-order valence-corrected chi connectivity index (χ2v) is 7.62. The van der Waals surface area contributed by atoms with Gasteiger partial charge in [-0.25, -0.2) is 0 Å². The van der Waals surface area contributed by atoms with Gasteiger partial charge < -0.3 is 21.3 Å². The Kier molecular flexibility index (Phi) is 5.68. The molecule has 2 aromatic rings. The molecule has 0 saturated carbocycles. The lowest BCUT2D eigenvalue weighted by molar-refractivity contribution is -0.144. The molecule has 5 N–H and O–H groups in total. The van der Waals surface area contributed by atoms with Crippen LogP contribution >= 0.6 is 0 Å². The number of hydrogen-bond acceptors (Lipinski definition) is 6. The summed E-state index contributed by atoms with van der Waals surface area (Å²) in [6, 6.07) is 15.8. The van der Waals surface area contributed by atoms with Crippen LogP contribution in [0.3, 0.4) is 0 Å². The minimum Gasteiger partial charge on any atom is -0.353 e. The van der Waals surface area contributed by atoms with Gasteiger partial charge in [0.25, 0.3) is 0 Å². The molecule has 9 nitrogen and oxygen atoms in total. The van der Waals surface area contributed by atoms with Crippen molar-refractivity contribution in [3.63, 3.8) is 0 Å². The zero-order valence-electron chi connectivity index (χ0n) is 16.8. The fourth-order valence-corrected chi connectivity index (χ4v) is 3.88. The van der Waals surface area contributed by atoms with Crippen molar-refractivity contribution in [3.8, 4) is 0 Å². The molecule has 0 aromatic heterocycles. The number of hydrogen-bond donors (Lipinski definition) is 5. The van der Waals surface area contributed by atoms with Crippen LogP contribution in [-0.4, -0.2) is 36.0 Å². The highest BCUT2D eigenvalue weighted by Crippen LogP contribution is 2.28. The molecular weight excluding hydrogens is 398 g/mol. The van der Waals surface area contributed by atoms with Gasteiger partial charge in [0.2, 0.25) is 17.7 Å². The molecule has 4 unspecified atom stereocenters. The molecule has 0 radical (unpaired) electrons. The molecular formula is C22H23N5O4. The van der Waals surface area contributed by atoms with Crippen molar-refractivity contribution in [1.29, 1.82) is 0 Å². The van der Waals surface area contributed by atoms with Crippen LogP contribution in [0.4, 0.5) is 11.4 Å². The molecule has 0 aliphatic carbocycles. The largest absolute Gasteiger partial charge is 0.353 e. The molecule has 4 rings (SSSR count). The molecule has 2 fully saturated rings. The Labute approximate surface area is 179 Å². The molecule has 4 atom stereocenters. The van der Waals surface area contributed by atoms with Gasteiger partial charge in [0.15, 0.2) is 12.1 Å². The van der Waals surface area contributed by atoms with Crippen LogP contribution in [0.15, 0.2) is 54.6 Å². The maximum absolute atomic E-state index is 12.9. The van der Waals surface area contributed by atoms with Crippen LogP contribution in [0.1, 0.15) is 23.7 Å². The van der Waals surface area contributed by atoms with Crippen molar-refractivity contribution in [2.75, 3.05) is 10.6 Å². The second kappa shape index (κ2) is 8.57. The summed E-state index contributed by atoms with van der Waals surface area (Å²) in [6.45, 7) is 1.46. The summed E-state index contributed by atoms with van der Waals surface area (Å²) in [5.41, 5.74) is 1.82. The molecule has 2 aliphatic heterocycles. The smallest absolute Gasteiger partial charge is 0.229 e. The molecule has 2 aliphatic rings. The molecule has 2 heterocycles. The number of rotatable bonds is 5. The standard InChI is InChI=1S/C22H23N5O4/c1-12(28)13-7-9-15(10-8-13)23-20(30)16-11-17(29)25-19-18(16)21(31)27-22(26-19)24-14-5-3-2-4-6-14/h2-10,16,18-19,22,24,26H,11H2,1H3,(H,23,30)(H,25,29)(H,27,31). The summed E-state index contributed by atoms with van der Waals surface area (Å²) in [5.74, 6) is -2.74. The minimum absolute atomic E-state index is 0.0757. The molecule has 9 heteroatoms. The van der Waals surface area contributed by atoms with Crippen LogP contribution in [0.2, 0.25) is 0 Å². The molecule has 3 amide bonds. The normalized spacial score (nSPS) is 24.9. The monoisotopic (exact) mass is 421 g/mol. The first kappa shape index (κ1) is 20.5. The molecule has 0 bridgehead atoms. The van der Waals surface area contributed by atoms with Gasteiger partial charge in [-0.3, -0.25) is 24.5 Å². The summed E-state index contributed by atoms with van der Waals surface area (Å²) < 4.78 is 0. The van der Waals surface area contributed by atoms with E-state index in [1.54, 1.807) is 24.3 Å². The number of fused-ring (bicyclic) bond motifs is 1. The number of carbonyl (C=O) groups is 4. The summed E-state index contributed by atoms with van der Waals surface area (Å²) in [7, 11) is 0. The van der Waals surface area contributed by atoms with E-state index in [1.807, 2.05) is 30.3 Å². The third kappa shape index (κ3) is 4.56. The predicted molar refractivity (Wildman–Crippen MR) is 114 cm³/mol. The van der Waals surface area contributed by atoms with Gasteiger partial charge >= 0.3 is 0 Å². The lowest BCUT2D eigenvalue weighted by atomic mass is 9.81. The Balaban J connectivity index is 1.46. The first-order valence-electron chi connectivity index (χ1n) is 10.00. The van der Waals surface area contributed by atoms with Crippen LogP contribution in [0, 0.1) is 11.8 Å². The van der Waals surface area contributed by atoms with E-state index in [1.165, 1.54) is 6.92 Å². The summed E-state index contributed by atoms with van der Waals surface area (Å²) in [5, 5.41) is 14.6. The van der Waals surface area contributed by atoms with Crippen LogP contribution in [0.5, 0.6) is 0 Å². The molecule has 31 heavy (non-hydrogen) atoms. The van der Waals surface area contributed by atoms with Gasteiger partial charge in [-0.05, 0) is 43.3 Å². The van der Waals surface area contributed by atoms with Crippen LogP contribution in [-0.2, 0) is 14.4 Å². The van der Waals surface area contributed by atoms with E-state index >= 15 is 0 Å². The SMILES string of the molecule is CC(=O)c1ccc(NC(=O)C2CC(=O)NC3NC(Nc4ccccc4)NC(=O)C32)cc1. The number of benzene rings is 2. The van der Waals surface area contributed by atoms with Crippen molar-refractivity contribution in [2.24, 2.45) is 11.8 Å². The Bertz CT molecular complexity index is 1010. The Morgan fingerprint density at radius 1 is 0.935 bits per heavy atom. The first-order chi connectivity index (χ1) is 14.9. The number of piperidine rings is 1. The highest BCUT2D eigenvalue weighted by molar-refractivity contribution is 6.00. The van der Waals surface area contributed by atoms with Crippen LogP contribution in [0.25, 0.3) is 0 Å². The summed E-state index contributed by atoms with van der Waals surface area (Å²) in [4.78, 5) is 49.5. The van der Waals surface area contributed by atoms with Crippen molar-refractivity contribution in [2.45, 2.75) is 25.8 Å². The molecule has 0 spiro atoms. The van der Waals surface area contributed by atoms with Crippen molar-refractivity contribution in [1.82, 2.24) is 16.0 Å². The highest BCUT2D eigenvalue weighted by Gasteiger charge is 2.48. The highest BCUT2D eigenvalue weighted by atomic mass is 16.2. The fraction of sp³-hybridized carbons (Fsp3) is 0.273. The molecule has 2 saturated heterocycles. The van der Waals surface area contributed by atoms with Gasteiger partial charge in [0.05, 0.1) is 18.0 Å². The molecule has 2 aromatic carbocycles. The van der Waals surface area contributed by atoms with E-state index in [9.17, 15) is 19.2 Å². The number of ketones is 1. The minimum atomic E-state index is -0.837. The third-order valence-electron chi connectivity index (χ3n) is 5.43. The number of para-hydroxylation sites is 1. The quantitative estimate of drug-likeness (QED) is 0.459.